The van der Waals surface area contributed by atoms with Crippen molar-refractivity contribution < 1.29 is 13.9 Å². The van der Waals surface area contributed by atoms with Crippen LogP contribution in [0.25, 0.3) is 0 Å². The predicted octanol–water partition coefficient (Wildman–Crippen LogP) is 3.64. The van der Waals surface area contributed by atoms with Crippen LogP contribution in [0.3, 0.4) is 0 Å². The molecule has 144 valence electrons. The largest absolute Gasteiger partial charge is 0.488 e. The number of rotatable bonds is 4. The third kappa shape index (κ3) is 4.09. The number of hydrogen-bond donors (Lipinski definition) is 1. The molecule has 2 aromatic carbocycles. The molecule has 27 heavy (non-hydrogen) atoms. The highest BCUT2D eigenvalue weighted by atomic mass is 35.5. The van der Waals surface area contributed by atoms with Crippen molar-refractivity contribution in [2.75, 3.05) is 13.1 Å². The Morgan fingerprint density at radius 3 is 2.59 bits per heavy atom. The third-order valence-corrected chi connectivity index (χ3v) is 5.62. The highest BCUT2D eigenvalue weighted by molar-refractivity contribution is 5.97. The average molecular weight is 391 g/mol. The van der Waals surface area contributed by atoms with Gasteiger partial charge in [-0.3, -0.25) is 4.79 Å². The number of para-hydroxylation sites is 1. The van der Waals surface area contributed by atoms with Crippen LogP contribution < -0.4 is 10.5 Å². The van der Waals surface area contributed by atoms with Crippen molar-refractivity contribution in [1.82, 2.24) is 4.90 Å². The summed E-state index contributed by atoms with van der Waals surface area (Å²) in [7, 11) is 0. The van der Waals surface area contributed by atoms with Gasteiger partial charge in [0, 0.05) is 19.1 Å². The maximum atomic E-state index is 13.0. The molecule has 1 aliphatic carbocycles. The Morgan fingerprint density at radius 2 is 1.85 bits per heavy atom. The highest BCUT2D eigenvalue weighted by Crippen LogP contribution is 2.38. The lowest BCUT2D eigenvalue weighted by Gasteiger charge is -2.20. The molecule has 2 aromatic rings. The van der Waals surface area contributed by atoms with Gasteiger partial charge in [-0.25, -0.2) is 4.39 Å². The number of halogens is 2. The fourth-order valence-electron chi connectivity index (χ4n) is 4.15. The van der Waals surface area contributed by atoms with Crippen LogP contribution in [0.5, 0.6) is 5.75 Å². The lowest BCUT2D eigenvalue weighted by Crippen LogP contribution is -2.33. The Hall–Kier alpha value is -2.11. The summed E-state index contributed by atoms with van der Waals surface area (Å²) in [6.45, 7) is 1.81. The maximum Gasteiger partial charge on any atom is 0.257 e. The first-order valence-corrected chi connectivity index (χ1v) is 9.13. The summed E-state index contributed by atoms with van der Waals surface area (Å²) in [4.78, 5) is 14.9. The molecule has 2 N–H and O–H groups in total. The molecule has 6 heteroatoms. The van der Waals surface area contributed by atoms with Crippen LogP contribution in [0.15, 0.2) is 48.5 Å². The number of hydrogen-bond acceptors (Lipinski definition) is 3. The van der Waals surface area contributed by atoms with Gasteiger partial charge in [0.15, 0.2) is 0 Å². The summed E-state index contributed by atoms with van der Waals surface area (Å²) in [6, 6.07) is 13.7. The Labute approximate surface area is 164 Å². The molecule has 3 unspecified atom stereocenters. The molecular weight excluding hydrogens is 367 g/mol. The fraction of sp³-hybridized carbons (Fsp3) is 0.381. The van der Waals surface area contributed by atoms with Crippen molar-refractivity contribution in [2.45, 2.75) is 25.5 Å². The zero-order valence-electron chi connectivity index (χ0n) is 15.0. The topological polar surface area (TPSA) is 55.6 Å². The molecule has 1 saturated heterocycles. The van der Waals surface area contributed by atoms with Crippen LogP contribution >= 0.6 is 12.4 Å². The summed E-state index contributed by atoms with van der Waals surface area (Å²) in [5.41, 5.74) is 7.61. The van der Waals surface area contributed by atoms with Gasteiger partial charge < -0.3 is 15.4 Å². The second kappa shape index (κ2) is 8.28. The minimum Gasteiger partial charge on any atom is -0.488 e. The van der Waals surface area contributed by atoms with E-state index in [1.807, 2.05) is 17.0 Å². The van der Waals surface area contributed by atoms with E-state index in [1.165, 1.54) is 12.1 Å². The van der Waals surface area contributed by atoms with Gasteiger partial charge >= 0.3 is 0 Å². The van der Waals surface area contributed by atoms with Crippen LogP contribution in [-0.2, 0) is 6.61 Å². The Bertz CT molecular complexity index is 799. The predicted molar refractivity (Wildman–Crippen MR) is 105 cm³/mol. The molecule has 0 aromatic heterocycles. The molecule has 1 aliphatic heterocycles. The smallest absolute Gasteiger partial charge is 0.257 e. The van der Waals surface area contributed by atoms with E-state index in [2.05, 4.69) is 0 Å². The van der Waals surface area contributed by atoms with Gasteiger partial charge in [0.2, 0.25) is 0 Å². The first-order valence-electron chi connectivity index (χ1n) is 9.13. The van der Waals surface area contributed by atoms with Gasteiger partial charge in [-0.05, 0) is 54.5 Å². The molecule has 1 amide bonds. The summed E-state index contributed by atoms with van der Waals surface area (Å²) in [6.07, 6.45) is 2.17. The van der Waals surface area contributed by atoms with Crippen molar-refractivity contribution in [3.63, 3.8) is 0 Å². The monoisotopic (exact) mass is 390 g/mol. The number of ether oxygens (including phenoxy) is 1. The summed E-state index contributed by atoms with van der Waals surface area (Å²) in [5.74, 6) is 1.24. The van der Waals surface area contributed by atoms with Gasteiger partial charge in [-0.1, -0.05) is 24.3 Å². The number of carbonyl (C=O) groups excluding carboxylic acids is 1. The minimum absolute atomic E-state index is 0. The Balaban J connectivity index is 0.00000210. The van der Waals surface area contributed by atoms with Crippen LogP contribution in [0.1, 0.15) is 28.8 Å². The molecule has 0 spiro atoms. The molecule has 4 nitrogen and oxygen atoms in total. The minimum atomic E-state index is -0.276. The van der Waals surface area contributed by atoms with E-state index in [9.17, 15) is 9.18 Å². The van der Waals surface area contributed by atoms with E-state index in [4.69, 9.17) is 10.5 Å². The number of fused-ring (bicyclic) bond motifs is 1. The summed E-state index contributed by atoms with van der Waals surface area (Å²) in [5, 5.41) is 0. The van der Waals surface area contributed by atoms with Gasteiger partial charge in [0.25, 0.3) is 5.91 Å². The van der Waals surface area contributed by atoms with Crippen molar-refractivity contribution in [1.29, 1.82) is 0 Å². The zero-order chi connectivity index (χ0) is 18.1. The van der Waals surface area contributed by atoms with E-state index < -0.39 is 0 Å². The molecule has 0 bridgehead atoms. The van der Waals surface area contributed by atoms with E-state index in [0.29, 0.717) is 29.8 Å². The SMILES string of the molecule is Cl.NC1CCC2CN(C(=O)c3ccccc3OCc3ccc(F)cc3)CC12. The second-order valence-corrected chi connectivity index (χ2v) is 7.29. The van der Waals surface area contributed by atoms with Gasteiger partial charge in [0.1, 0.15) is 18.2 Å². The highest BCUT2D eigenvalue weighted by Gasteiger charge is 2.42. The van der Waals surface area contributed by atoms with Crippen LogP contribution in [-0.4, -0.2) is 29.9 Å². The molecule has 4 rings (SSSR count). The molecule has 2 fully saturated rings. The van der Waals surface area contributed by atoms with E-state index >= 15 is 0 Å². The molecule has 2 aliphatic rings. The molecule has 1 saturated carbocycles. The van der Waals surface area contributed by atoms with E-state index in [1.54, 1.807) is 24.3 Å². The number of nitrogens with two attached hydrogens (primary N) is 1. The Morgan fingerprint density at radius 1 is 1.11 bits per heavy atom. The first kappa shape index (κ1) is 19.6. The number of amides is 1. The molecular formula is C21H24ClFN2O2. The lowest BCUT2D eigenvalue weighted by molar-refractivity contribution is 0.0774. The summed E-state index contributed by atoms with van der Waals surface area (Å²) >= 11 is 0. The van der Waals surface area contributed by atoms with Crippen LogP contribution in [0, 0.1) is 17.7 Å². The number of benzene rings is 2. The van der Waals surface area contributed by atoms with Crippen molar-refractivity contribution in [3.8, 4) is 5.75 Å². The average Bonchev–Trinajstić information content (AvgIpc) is 3.23. The van der Waals surface area contributed by atoms with Gasteiger partial charge in [-0.15, -0.1) is 12.4 Å². The standard InChI is InChI=1S/C21H23FN2O2.ClH/c22-16-8-5-14(6-9-16)13-26-20-4-2-1-3-17(20)21(25)24-11-15-7-10-19(23)18(15)12-24;/h1-6,8-9,15,18-19H,7,10-13,23H2;1H. The van der Waals surface area contributed by atoms with Crippen LogP contribution in [0.4, 0.5) is 4.39 Å². The Kier molecular flexibility index (Phi) is 6.02. The zero-order valence-corrected chi connectivity index (χ0v) is 15.8. The number of carbonyl (C=O) groups is 1. The lowest BCUT2D eigenvalue weighted by atomic mass is 9.98. The molecule has 0 radical (unpaired) electrons. The molecule has 3 atom stereocenters. The second-order valence-electron chi connectivity index (χ2n) is 7.29. The maximum absolute atomic E-state index is 13.0. The van der Waals surface area contributed by atoms with E-state index in [-0.39, 0.29) is 30.2 Å². The summed E-state index contributed by atoms with van der Waals surface area (Å²) < 4.78 is 18.9. The first-order chi connectivity index (χ1) is 12.6. The third-order valence-electron chi connectivity index (χ3n) is 5.62. The number of likely N-dealkylation sites (tertiary alicyclic amines) is 1. The van der Waals surface area contributed by atoms with Crippen LogP contribution in [0.2, 0.25) is 0 Å². The quantitative estimate of drug-likeness (QED) is 0.867. The van der Waals surface area contributed by atoms with Gasteiger partial charge in [-0.2, -0.15) is 0 Å². The van der Waals surface area contributed by atoms with E-state index in [0.717, 1.165) is 31.5 Å². The molecule has 1 heterocycles. The van der Waals surface area contributed by atoms with Crippen molar-refractivity contribution in [3.05, 3.63) is 65.5 Å². The van der Waals surface area contributed by atoms with Gasteiger partial charge in [0.05, 0.1) is 5.56 Å². The normalized spacial score (nSPS) is 23.6. The van der Waals surface area contributed by atoms with Crippen molar-refractivity contribution >= 4 is 18.3 Å². The number of nitrogens with zero attached hydrogens (tertiary/aromatic N) is 1. The van der Waals surface area contributed by atoms with Crippen molar-refractivity contribution in [2.24, 2.45) is 17.6 Å². The fourth-order valence-corrected chi connectivity index (χ4v) is 4.15.